The van der Waals surface area contributed by atoms with Crippen molar-refractivity contribution in [3.8, 4) is 0 Å². The summed E-state index contributed by atoms with van der Waals surface area (Å²) in [5.74, 6) is 0.456. The number of carbonyl (C=O) groups excluding carboxylic acids is 1. The fourth-order valence-electron chi connectivity index (χ4n) is 1.80. The quantitative estimate of drug-likeness (QED) is 0.658. The number of aliphatic hydroxyl groups is 1. The molecule has 1 aliphatic carbocycles. The Morgan fingerprint density at radius 2 is 2.09 bits per heavy atom. The standard InChI is InChI=1S/C9H16O2/c1-7(10)6-8-4-2-3-5-9(8)11/h8-9,11H,2-6H2,1H3/t8-,9+/m1/s1. The summed E-state index contributed by atoms with van der Waals surface area (Å²) in [6.45, 7) is 1.60. The number of Topliss-reactive ketones (excluding diaryl/α,β-unsaturated/α-hetero) is 1. The van der Waals surface area contributed by atoms with Gasteiger partial charge in [-0.3, -0.25) is 0 Å². The maximum atomic E-state index is 10.7. The van der Waals surface area contributed by atoms with Gasteiger partial charge in [-0.1, -0.05) is 12.8 Å². The van der Waals surface area contributed by atoms with Crippen LogP contribution in [-0.2, 0) is 4.79 Å². The zero-order chi connectivity index (χ0) is 8.27. The molecule has 64 valence electrons. The Labute approximate surface area is 67.6 Å². The lowest BCUT2D eigenvalue weighted by atomic mass is 9.83. The Balaban J connectivity index is 2.35. The highest BCUT2D eigenvalue weighted by Crippen LogP contribution is 2.26. The molecule has 0 aromatic heterocycles. The molecule has 0 spiro atoms. The van der Waals surface area contributed by atoms with Crippen LogP contribution < -0.4 is 0 Å². The summed E-state index contributed by atoms with van der Waals surface area (Å²) >= 11 is 0. The highest BCUT2D eigenvalue weighted by Gasteiger charge is 2.23. The fourth-order valence-corrected chi connectivity index (χ4v) is 1.80. The van der Waals surface area contributed by atoms with E-state index in [-0.39, 0.29) is 17.8 Å². The lowest BCUT2D eigenvalue weighted by Gasteiger charge is -2.26. The first-order valence-electron chi connectivity index (χ1n) is 4.37. The van der Waals surface area contributed by atoms with Gasteiger partial charge in [0.15, 0.2) is 0 Å². The predicted octanol–water partition coefficient (Wildman–Crippen LogP) is 1.52. The smallest absolute Gasteiger partial charge is 0.130 e. The average molecular weight is 156 g/mol. The molecular formula is C9H16O2. The Kier molecular flexibility index (Phi) is 3.06. The molecule has 1 saturated carbocycles. The van der Waals surface area contributed by atoms with Crippen LogP contribution in [0.25, 0.3) is 0 Å². The summed E-state index contributed by atoms with van der Waals surface area (Å²) < 4.78 is 0. The second kappa shape index (κ2) is 3.86. The minimum absolute atomic E-state index is 0.205. The molecule has 0 aromatic rings. The summed E-state index contributed by atoms with van der Waals surface area (Å²) in [6, 6.07) is 0. The molecule has 2 heteroatoms. The highest BCUT2D eigenvalue weighted by molar-refractivity contribution is 5.75. The number of rotatable bonds is 2. The van der Waals surface area contributed by atoms with E-state index in [1.54, 1.807) is 6.92 Å². The van der Waals surface area contributed by atoms with E-state index >= 15 is 0 Å². The van der Waals surface area contributed by atoms with Crippen molar-refractivity contribution in [1.82, 2.24) is 0 Å². The van der Waals surface area contributed by atoms with Crippen molar-refractivity contribution in [2.75, 3.05) is 0 Å². The zero-order valence-electron chi connectivity index (χ0n) is 7.05. The van der Waals surface area contributed by atoms with Crippen molar-refractivity contribution in [2.24, 2.45) is 5.92 Å². The Bertz CT molecular complexity index is 142. The fraction of sp³-hybridized carbons (Fsp3) is 0.889. The van der Waals surface area contributed by atoms with Crippen molar-refractivity contribution in [1.29, 1.82) is 0 Å². The van der Waals surface area contributed by atoms with E-state index in [0.717, 1.165) is 19.3 Å². The van der Waals surface area contributed by atoms with Crippen molar-refractivity contribution in [3.63, 3.8) is 0 Å². The van der Waals surface area contributed by atoms with Gasteiger partial charge in [0.1, 0.15) is 5.78 Å². The highest BCUT2D eigenvalue weighted by atomic mass is 16.3. The van der Waals surface area contributed by atoms with Crippen LogP contribution in [-0.4, -0.2) is 17.0 Å². The number of ketones is 1. The van der Waals surface area contributed by atoms with Gasteiger partial charge < -0.3 is 9.90 Å². The molecule has 0 unspecified atom stereocenters. The Hall–Kier alpha value is -0.370. The van der Waals surface area contributed by atoms with Gasteiger partial charge in [0.05, 0.1) is 6.10 Å². The van der Waals surface area contributed by atoms with Crippen LogP contribution in [0.2, 0.25) is 0 Å². The van der Waals surface area contributed by atoms with Crippen LogP contribution in [0.4, 0.5) is 0 Å². The van der Waals surface area contributed by atoms with E-state index in [1.807, 2.05) is 0 Å². The molecule has 0 heterocycles. The summed E-state index contributed by atoms with van der Waals surface area (Å²) in [5.41, 5.74) is 0. The molecule has 1 N–H and O–H groups in total. The van der Waals surface area contributed by atoms with E-state index in [1.165, 1.54) is 6.42 Å². The van der Waals surface area contributed by atoms with Crippen molar-refractivity contribution in [2.45, 2.75) is 45.1 Å². The molecule has 1 aliphatic rings. The molecule has 0 saturated heterocycles. The van der Waals surface area contributed by atoms with Gasteiger partial charge in [0.25, 0.3) is 0 Å². The van der Waals surface area contributed by atoms with Crippen LogP contribution in [0, 0.1) is 5.92 Å². The lowest BCUT2D eigenvalue weighted by Crippen LogP contribution is -2.25. The maximum Gasteiger partial charge on any atom is 0.130 e. The van der Waals surface area contributed by atoms with E-state index in [2.05, 4.69) is 0 Å². The van der Waals surface area contributed by atoms with E-state index in [9.17, 15) is 9.90 Å². The second-order valence-corrected chi connectivity index (χ2v) is 3.52. The minimum atomic E-state index is -0.215. The molecule has 0 radical (unpaired) electrons. The number of hydrogen-bond acceptors (Lipinski definition) is 2. The van der Waals surface area contributed by atoms with Crippen LogP contribution >= 0.6 is 0 Å². The van der Waals surface area contributed by atoms with Crippen LogP contribution in [0.15, 0.2) is 0 Å². The van der Waals surface area contributed by atoms with E-state index < -0.39 is 0 Å². The molecule has 1 rings (SSSR count). The van der Waals surface area contributed by atoms with E-state index in [0.29, 0.717) is 6.42 Å². The van der Waals surface area contributed by atoms with Gasteiger partial charge in [0, 0.05) is 6.42 Å². The van der Waals surface area contributed by atoms with Gasteiger partial charge in [-0.15, -0.1) is 0 Å². The number of hydrogen-bond donors (Lipinski definition) is 1. The van der Waals surface area contributed by atoms with Crippen molar-refractivity contribution in [3.05, 3.63) is 0 Å². The van der Waals surface area contributed by atoms with Gasteiger partial charge in [-0.2, -0.15) is 0 Å². The molecule has 0 amide bonds. The van der Waals surface area contributed by atoms with Crippen molar-refractivity contribution >= 4 is 5.78 Å². The third-order valence-corrected chi connectivity index (χ3v) is 2.42. The van der Waals surface area contributed by atoms with Gasteiger partial charge in [-0.05, 0) is 25.7 Å². The van der Waals surface area contributed by atoms with E-state index in [4.69, 9.17) is 0 Å². The SMILES string of the molecule is CC(=O)C[C@H]1CCCC[C@@H]1O. The topological polar surface area (TPSA) is 37.3 Å². The monoisotopic (exact) mass is 156 g/mol. The predicted molar refractivity (Wildman–Crippen MR) is 43.3 cm³/mol. The molecule has 11 heavy (non-hydrogen) atoms. The zero-order valence-corrected chi connectivity index (χ0v) is 7.05. The Morgan fingerprint density at radius 1 is 1.45 bits per heavy atom. The maximum absolute atomic E-state index is 10.7. The molecule has 2 nitrogen and oxygen atoms in total. The summed E-state index contributed by atoms with van der Waals surface area (Å²) in [6.07, 6.45) is 4.57. The summed E-state index contributed by atoms with van der Waals surface area (Å²) in [4.78, 5) is 10.7. The largest absolute Gasteiger partial charge is 0.393 e. The first-order chi connectivity index (χ1) is 5.20. The van der Waals surface area contributed by atoms with Gasteiger partial charge in [-0.25, -0.2) is 0 Å². The first-order valence-corrected chi connectivity index (χ1v) is 4.37. The van der Waals surface area contributed by atoms with Crippen molar-refractivity contribution < 1.29 is 9.90 Å². The molecule has 0 aromatic carbocycles. The average Bonchev–Trinajstić information content (AvgIpc) is 1.93. The van der Waals surface area contributed by atoms with Crippen LogP contribution in [0.1, 0.15) is 39.0 Å². The van der Waals surface area contributed by atoms with Crippen LogP contribution in [0.5, 0.6) is 0 Å². The number of aliphatic hydroxyl groups excluding tert-OH is 1. The lowest BCUT2D eigenvalue weighted by molar-refractivity contribution is -0.119. The minimum Gasteiger partial charge on any atom is -0.393 e. The first kappa shape index (κ1) is 8.72. The summed E-state index contributed by atoms with van der Waals surface area (Å²) in [5, 5.41) is 9.47. The third-order valence-electron chi connectivity index (χ3n) is 2.42. The molecular weight excluding hydrogens is 140 g/mol. The Morgan fingerprint density at radius 3 is 2.64 bits per heavy atom. The molecule has 1 fully saturated rings. The molecule has 2 atom stereocenters. The van der Waals surface area contributed by atoms with Gasteiger partial charge in [0.2, 0.25) is 0 Å². The summed E-state index contributed by atoms with van der Waals surface area (Å²) in [7, 11) is 0. The molecule has 0 aliphatic heterocycles. The third kappa shape index (κ3) is 2.62. The number of carbonyl (C=O) groups is 1. The second-order valence-electron chi connectivity index (χ2n) is 3.52. The normalized spacial score (nSPS) is 31.8. The van der Waals surface area contributed by atoms with Gasteiger partial charge >= 0.3 is 0 Å². The molecule has 0 bridgehead atoms. The van der Waals surface area contributed by atoms with Crippen LogP contribution in [0.3, 0.4) is 0 Å².